The van der Waals surface area contributed by atoms with Crippen LogP contribution in [0.4, 0.5) is 0 Å². The standard InChI is InChI=1S/C11H14Cl2O2/c12-11(13)7-3-1-5-6(2-4-8(7)11)9(5)10(14)15/h5-9H,1-4H2,(H,14,15)/t5-,6-,7+,8+/m0/s1. The molecule has 84 valence electrons. The molecule has 1 N–H and O–H groups in total. The molecule has 0 bridgehead atoms. The van der Waals surface area contributed by atoms with Crippen molar-refractivity contribution in [2.75, 3.05) is 0 Å². The lowest BCUT2D eigenvalue weighted by Crippen LogP contribution is -2.01. The van der Waals surface area contributed by atoms with E-state index in [1.165, 1.54) is 0 Å². The average molecular weight is 249 g/mol. The van der Waals surface area contributed by atoms with Crippen LogP contribution >= 0.6 is 23.2 Å². The van der Waals surface area contributed by atoms with E-state index < -0.39 is 10.3 Å². The summed E-state index contributed by atoms with van der Waals surface area (Å²) in [5.41, 5.74) is 0. The summed E-state index contributed by atoms with van der Waals surface area (Å²) < 4.78 is -0.491. The van der Waals surface area contributed by atoms with Crippen LogP contribution in [-0.4, -0.2) is 15.4 Å². The Kier molecular flexibility index (Phi) is 2.07. The Morgan fingerprint density at radius 1 is 1.07 bits per heavy atom. The van der Waals surface area contributed by atoms with Crippen LogP contribution in [0.1, 0.15) is 25.7 Å². The van der Waals surface area contributed by atoms with Crippen molar-refractivity contribution in [1.29, 1.82) is 0 Å². The first-order chi connectivity index (χ1) is 7.03. The fourth-order valence-corrected chi connectivity index (χ4v) is 4.51. The molecule has 0 aromatic heterocycles. The first-order valence-corrected chi connectivity index (χ1v) is 6.39. The Bertz CT molecular complexity index is 294. The largest absolute Gasteiger partial charge is 0.481 e. The summed E-state index contributed by atoms with van der Waals surface area (Å²) in [6.07, 6.45) is 4.04. The minimum atomic E-state index is -0.608. The lowest BCUT2D eigenvalue weighted by molar-refractivity contribution is -0.139. The lowest BCUT2D eigenvalue weighted by Gasteiger charge is -2.03. The quantitative estimate of drug-likeness (QED) is 0.725. The molecule has 3 rings (SSSR count). The Morgan fingerprint density at radius 3 is 1.93 bits per heavy atom. The fourth-order valence-electron chi connectivity index (χ4n) is 3.59. The molecule has 0 spiro atoms. The van der Waals surface area contributed by atoms with Crippen LogP contribution in [0.5, 0.6) is 0 Å². The van der Waals surface area contributed by atoms with Gasteiger partial charge >= 0.3 is 5.97 Å². The average Bonchev–Trinajstić information content (AvgIpc) is 2.88. The Balaban J connectivity index is 1.67. The predicted octanol–water partition coefficient (Wildman–Crippen LogP) is 2.93. The molecule has 15 heavy (non-hydrogen) atoms. The molecule has 3 fully saturated rings. The van der Waals surface area contributed by atoms with Crippen LogP contribution in [0.25, 0.3) is 0 Å². The molecule has 3 aliphatic rings. The summed E-state index contributed by atoms with van der Waals surface area (Å²) in [5, 5.41) is 9.00. The zero-order valence-corrected chi connectivity index (χ0v) is 9.84. The van der Waals surface area contributed by atoms with Crippen LogP contribution < -0.4 is 0 Å². The van der Waals surface area contributed by atoms with Crippen molar-refractivity contribution < 1.29 is 9.90 Å². The van der Waals surface area contributed by atoms with Crippen LogP contribution in [0.2, 0.25) is 0 Å². The molecule has 0 unspecified atom stereocenters. The molecule has 4 atom stereocenters. The van der Waals surface area contributed by atoms with E-state index in [9.17, 15) is 4.79 Å². The van der Waals surface area contributed by atoms with Gasteiger partial charge in [-0.05, 0) is 49.4 Å². The van der Waals surface area contributed by atoms with Crippen molar-refractivity contribution >= 4 is 29.2 Å². The van der Waals surface area contributed by atoms with Crippen molar-refractivity contribution in [3.8, 4) is 0 Å². The van der Waals surface area contributed by atoms with Gasteiger partial charge in [0, 0.05) is 0 Å². The molecule has 0 heterocycles. The predicted molar refractivity (Wildman–Crippen MR) is 58.0 cm³/mol. The molecule has 3 aliphatic carbocycles. The maximum absolute atomic E-state index is 10.9. The van der Waals surface area contributed by atoms with Gasteiger partial charge in [-0.25, -0.2) is 0 Å². The SMILES string of the molecule is O=C(O)C1[C@H]2CC[C@@H]3[C@@H](CC[C@H]12)C3(Cl)Cl. The fraction of sp³-hybridized carbons (Fsp3) is 0.909. The lowest BCUT2D eigenvalue weighted by atomic mass is 10.0. The van der Waals surface area contributed by atoms with E-state index in [1.807, 2.05) is 0 Å². The minimum Gasteiger partial charge on any atom is -0.481 e. The molecule has 0 aliphatic heterocycles. The van der Waals surface area contributed by atoms with E-state index in [2.05, 4.69) is 0 Å². The van der Waals surface area contributed by atoms with Crippen molar-refractivity contribution in [3.05, 3.63) is 0 Å². The highest BCUT2D eigenvalue weighted by atomic mass is 35.5. The topological polar surface area (TPSA) is 37.3 Å². The van der Waals surface area contributed by atoms with Crippen molar-refractivity contribution in [1.82, 2.24) is 0 Å². The van der Waals surface area contributed by atoms with Gasteiger partial charge in [0.25, 0.3) is 0 Å². The molecular weight excluding hydrogens is 235 g/mol. The Labute approximate surface area is 98.9 Å². The van der Waals surface area contributed by atoms with Crippen LogP contribution in [0.3, 0.4) is 0 Å². The second-order valence-electron chi connectivity index (χ2n) is 5.23. The highest BCUT2D eigenvalue weighted by Gasteiger charge is 2.65. The van der Waals surface area contributed by atoms with Gasteiger partial charge in [-0.2, -0.15) is 0 Å². The molecule has 0 aromatic rings. The Hall–Kier alpha value is 0.0500. The summed E-state index contributed by atoms with van der Waals surface area (Å²) in [5.74, 6) is 1.00. The third-order valence-electron chi connectivity index (χ3n) is 4.60. The van der Waals surface area contributed by atoms with E-state index in [0.29, 0.717) is 23.7 Å². The van der Waals surface area contributed by atoms with Crippen molar-refractivity contribution in [2.24, 2.45) is 29.6 Å². The summed E-state index contributed by atoms with van der Waals surface area (Å²) in [4.78, 5) is 10.9. The molecule has 3 saturated carbocycles. The molecule has 0 radical (unpaired) electrons. The summed E-state index contributed by atoms with van der Waals surface area (Å²) in [7, 11) is 0. The van der Waals surface area contributed by atoms with Gasteiger partial charge in [-0.3, -0.25) is 4.79 Å². The zero-order chi connectivity index (χ0) is 10.8. The molecule has 0 amide bonds. The van der Waals surface area contributed by atoms with E-state index in [-0.39, 0.29) is 5.92 Å². The summed E-state index contributed by atoms with van der Waals surface area (Å²) >= 11 is 12.3. The highest BCUT2D eigenvalue weighted by molar-refractivity contribution is 6.51. The van der Waals surface area contributed by atoms with Gasteiger partial charge in [0.05, 0.1) is 5.92 Å². The molecule has 0 saturated heterocycles. The smallest absolute Gasteiger partial charge is 0.307 e. The Morgan fingerprint density at radius 2 is 1.53 bits per heavy atom. The van der Waals surface area contributed by atoms with Crippen LogP contribution in [0.15, 0.2) is 0 Å². The third kappa shape index (κ3) is 1.41. The maximum Gasteiger partial charge on any atom is 0.307 e. The number of carboxylic acids is 1. The van der Waals surface area contributed by atoms with Gasteiger partial charge in [0.15, 0.2) is 0 Å². The molecule has 4 heteroatoms. The van der Waals surface area contributed by atoms with E-state index in [1.54, 1.807) is 0 Å². The molecule has 0 aromatic carbocycles. The number of carboxylic acid groups (broad SMARTS) is 1. The normalized spacial score (nSPS) is 50.7. The number of carbonyl (C=O) groups is 1. The zero-order valence-electron chi connectivity index (χ0n) is 8.33. The van der Waals surface area contributed by atoms with E-state index >= 15 is 0 Å². The third-order valence-corrected chi connectivity index (χ3v) is 5.73. The molecule has 2 nitrogen and oxygen atoms in total. The second-order valence-corrected chi connectivity index (χ2v) is 6.68. The monoisotopic (exact) mass is 248 g/mol. The maximum atomic E-state index is 10.9. The van der Waals surface area contributed by atoms with Crippen molar-refractivity contribution in [3.63, 3.8) is 0 Å². The second kappa shape index (κ2) is 3.04. The summed E-state index contributed by atoms with van der Waals surface area (Å²) in [6, 6.07) is 0. The number of alkyl halides is 2. The number of rotatable bonds is 1. The highest BCUT2D eigenvalue weighted by Crippen LogP contribution is 2.67. The van der Waals surface area contributed by atoms with Gasteiger partial charge in [0.2, 0.25) is 0 Å². The van der Waals surface area contributed by atoms with E-state index in [0.717, 1.165) is 25.7 Å². The number of aliphatic carboxylic acids is 1. The van der Waals surface area contributed by atoms with Gasteiger partial charge in [-0.1, -0.05) is 0 Å². The van der Waals surface area contributed by atoms with Gasteiger partial charge in [-0.15, -0.1) is 23.2 Å². The minimum absolute atomic E-state index is 0.0671. The first kappa shape index (κ1) is 10.2. The van der Waals surface area contributed by atoms with Crippen LogP contribution in [0, 0.1) is 29.6 Å². The van der Waals surface area contributed by atoms with E-state index in [4.69, 9.17) is 28.3 Å². The molecular formula is C11H14Cl2O2. The van der Waals surface area contributed by atoms with Crippen molar-refractivity contribution in [2.45, 2.75) is 30.0 Å². The number of hydrogen-bond donors (Lipinski definition) is 1. The number of halogens is 2. The first-order valence-electron chi connectivity index (χ1n) is 5.64. The summed E-state index contributed by atoms with van der Waals surface area (Å²) in [6.45, 7) is 0. The number of hydrogen-bond acceptors (Lipinski definition) is 1. The van der Waals surface area contributed by atoms with Gasteiger partial charge < -0.3 is 5.11 Å². The van der Waals surface area contributed by atoms with Crippen LogP contribution in [-0.2, 0) is 4.79 Å². The number of fused-ring (bicyclic) bond motifs is 2. The van der Waals surface area contributed by atoms with Gasteiger partial charge in [0.1, 0.15) is 4.33 Å².